The van der Waals surface area contributed by atoms with E-state index in [0.29, 0.717) is 10.8 Å². The number of methoxy groups -OCH3 is 1. The Balaban J connectivity index is 2.84. The van der Waals surface area contributed by atoms with Gasteiger partial charge in [0.15, 0.2) is 0 Å². The largest absolute Gasteiger partial charge is 0.495 e. The molecule has 1 aromatic heterocycles. The number of fused-ring (bicyclic) bond motifs is 1. The molecular weight excluding hydrogens is 248 g/mol. The zero-order valence-electron chi connectivity index (χ0n) is 11.1. The van der Waals surface area contributed by atoms with Crippen molar-refractivity contribution in [2.45, 2.75) is 20.3 Å². The molecule has 2 aromatic rings. The first-order valence-corrected chi connectivity index (χ1v) is 6.34. The molecule has 0 spiro atoms. The number of anilines is 1. The SMILES string of the molecule is CCc1nc2cc(OC)c(Cl)cc2c(NC)c1C. The van der Waals surface area contributed by atoms with E-state index in [1.807, 2.05) is 19.2 Å². The molecule has 1 N–H and O–H groups in total. The van der Waals surface area contributed by atoms with Gasteiger partial charge < -0.3 is 10.1 Å². The van der Waals surface area contributed by atoms with Crippen LogP contribution in [0.2, 0.25) is 5.02 Å². The van der Waals surface area contributed by atoms with E-state index in [9.17, 15) is 0 Å². The third kappa shape index (κ3) is 1.99. The lowest BCUT2D eigenvalue weighted by atomic mass is 10.1. The molecule has 2 rings (SSSR count). The van der Waals surface area contributed by atoms with Gasteiger partial charge in [0.2, 0.25) is 0 Å². The number of pyridine rings is 1. The van der Waals surface area contributed by atoms with Crippen LogP contribution in [0.3, 0.4) is 0 Å². The van der Waals surface area contributed by atoms with Crippen LogP contribution in [-0.2, 0) is 6.42 Å². The van der Waals surface area contributed by atoms with E-state index >= 15 is 0 Å². The van der Waals surface area contributed by atoms with Crippen LogP contribution in [-0.4, -0.2) is 19.1 Å². The number of benzene rings is 1. The second-order valence-electron chi connectivity index (χ2n) is 4.17. The number of halogens is 1. The Kier molecular flexibility index (Phi) is 3.62. The number of aryl methyl sites for hydroxylation is 1. The summed E-state index contributed by atoms with van der Waals surface area (Å²) in [5.74, 6) is 0.657. The van der Waals surface area contributed by atoms with E-state index in [1.165, 1.54) is 5.56 Å². The van der Waals surface area contributed by atoms with Gasteiger partial charge >= 0.3 is 0 Å². The van der Waals surface area contributed by atoms with E-state index in [0.717, 1.165) is 28.7 Å². The highest BCUT2D eigenvalue weighted by molar-refractivity contribution is 6.33. The molecule has 1 heterocycles. The number of nitrogens with zero attached hydrogens (tertiary/aromatic N) is 1. The van der Waals surface area contributed by atoms with Crippen LogP contribution < -0.4 is 10.1 Å². The van der Waals surface area contributed by atoms with Crippen molar-refractivity contribution in [1.29, 1.82) is 0 Å². The Hall–Kier alpha value is -1.48. The molecule has 0 aliphatic rings. The molecule has 0 saturated heterocycles. The van der Waals surface area contributed by atoms with E-state index in [2.05, 4.69) is 24.1 Å². The number of hydrogen-bond acceptors (Lipinski definition) is 3. The maximum Gasteiger partial charge on any atom is 0.139 e. The molecule has 0 fully saturated rings. The Bertz CT molecular complexity index is 591. The Morgan fingerprint density at radius 3 is 2.67 bits per heavy atom. The zero-order chi connectivity index (χ0) is 13.3. The summed E-state index contributed by atoms with van der Waals surface area (Å²) in [5, 5.41) is 4.87. The molecule has 1 aromatic carbocycles. The molecular formula is C14H17ClN2O. The molecule has 18 heavy (non-hydrogen) atoms. The summed E-state index contributed by atoms with van der Waals surface area (Å²) >= 11 is 6.18. The number of hydrogen-bond donors (Lipinski definition) is 1. The smallest absolute Gasteiger partial charge is 0.139 e. The average molecular weight is 265 g/mol. The van der Waals surface area contributed by atoms with Crippen molar-refractivity contribution >= 4 is 28.2 Å². The van der Waals surface area contributed by atoms with Crippen molar-refractivity contribution in [2.24, 2.45) is 0 Å². The second kappa shape index (κ2) is 5.02. The van der Waals surface area contributed by atoms with Crippen LogP contribution in [0.5, 0.6) is 5.75 Å². The molecule has 0 radical (unpaired) electrons. The first-order chi connectivity index (χ1) is 8.62. The normalized spacial score (nSPS) is 10.7. The highest BCUT2D eigenvalue weighted by Crippen LogP contribution is 2.35. The van der Waals surface area contributed by atoms with Gasteiger partial charge in [-0.1, -0.05) is 18.5 Å². The molecule has 3 nitrogen and oxygen atoms in total. The van der Waals surface area contributed by atoms with Crippen molar-refractivity contribution in [3.05, 3.63) is 28.4 Å². The van der Waals surface area contributed by atoms with E-state index in [-0.39, 0.29) is 0 Å². The fourth-order valence-electron chi connectivity index (χ4n) is 2.23. The average Bonchev–Trinajstić information content (AvgIpc) is 2.38. The first-order valence-electron chi connectivity index (χ1n) is 5.96. The van der Waals surface area contributed by atoms with Crippen molar-refractivity contribution in [2.75, 3.05) is 19.5 Å². The fourth-order valence-corrected chi connectivity index (χ4v) is 2.47. The maximum absolute atomic E-state index is 6.18. The van der Waals surface area contributed by atoms with Crippen LogP contribution in [0.1, 0.15) is 18.2 Å². The molecule has 0 unspecified atom stereocenters. The monoisotopic (exact) mass is 264 g/mol. The molecule has 96 valence electrons. The molecule has 0 atom stereocenters. The van der Waals surface area contributed by atoms with Gasteiger partial charge in [0.1, 0.15) is 5.75 Å². The predicted octanol–water partition coefficient (Wildman–Crippen LogP) is 3.81. The van der Waals surface area contributed by atoms with E-state index in [1.54, 1.807) is 7.11 Å². The lowest BCUT2D eigenvalue weighted by Gasteiger charge is -2.14. The van der Waals surface area contributed by atoms with Crippen molar-refractivity contribution in [1.82, 2.24) is 4.98 Å². The van der Waals surface area contributed by atoms with Gasteiger partial charge in [-0.15, -0.1) is 0 Å². The van der Waals surface area contributed by atoms with Crippen molar-refractivity contribution < 1.29 is 4.74 Å². The summed E-state index contributed by atoms with van der Waals surface area (Å²) < 4.78 is 5.24. The fraction of sp³-hybridized carbons (Fsp3) is 0.357. The van der Waals surface area contributed by atoms with E-state index in [4.69, 9.17) is 16.3 Å². The van der Waals surface area contributed by atoms with Crippen molar-refractivity contribution in [3.63, 3.8) is 0 Å². The molecule has 0 saturated carbocycles. The molecule has 0 bridgehead atoms. The minimum Gasteiger partial charge on any atom is -0.495 e. The third-order valence-corrected chi connectivity index (χ3v) is 3.48. The lowest BCUT2D eigenvalue weighted by molar-refractivity contribution is 0.415. The molecule has 0 aliphatic heterocycles. The zero-order valence-corrected chi connectivity index (χ0v) is 11.9. The number of ether oxygens (including phenoxy) is 1. The summed E-state index contributed by atoms with van der Waals surface area (Å²) in [6.07, 6.45) is 0.904. The van der Waals surface area contributed by atoms with Crippen LogP contribution in [0.15, 0.2) is 12.1 Å². The standard InChI is InChI=1S/C14H17ClN2O/c1-5-11-8(2)14(16-3)9-6-10(15)13(18-4)7-12(9)17-11/h6-7H,5H2,1-4H3,(H,16,17). The molecule has 4 heteroatoms. The summed E-state index contributed by atoms with van der Waals surface area (Å²) in [6, 6.07) is 3.79. The number of nitrogens with one attached hydrogen (secondary N) is 1. The lowest BCUT2D eigenvalue weighted by Crippen LogP contribution is -2.01. The van der Waals surface area contributed by atoms with Crippen LogP contribution in [0.25, 0.3) is 10.9 Å². The van der Waals surface area contributed by atoms with Gasteiger partial charge in [0.25, 0.3) is 0 Å². The minimum absolute atomic E-state index is 0.604. The minimum atomic E-state index is 0.604. The summed E-state index contributed by atoms with van der Waals surface area (Å²) in [6.45, 7) is 4.18. The Labute approximate surface area is 112 Å². The Morgan fingerprint density at radius 1 is 1.39 bits per heavy atom. The quantitative estimate of drug-likeness (QED) is 0.915. The van der Waals surface area contributed by atoms with Crippen LogP contribution in [0.4, 0.5) is 5.69 Å². The molecule has 0 aliphatic carbocycles. The molecule has 0 amide bonds. The maximum atomic E-state index is 6.18. The summed E-state index contributed by atoms with van der Waals surface area (Å²) in [4.78, 5) is 4.67. The van der Waals surface area contributed by atoms with E-state index < -0.39 is 0 Å². The van der Waals surface area contributed by atoms with Crippen molar-refractivity contribution in [3.8, 4) is 5.75 Å². The predicted molar refractivity (Wildman–Crippen MR) is 77.0 cm³/mol. The third-order valence-electron chi connectivity index (χ3n) is 3.19. The van der Waals surface area contributed by atoms with Crippen LogP contribution >= 0.6 is 11.6 Å². The van der Waals surface area contributed by atoms with Gasteiger partial charge in [-0.05, 0) is 25.0 Å². The Morgan fingerprint density at radius 2 is 2.11 bits per heavy atom. The topological polar surface area (TPSA) is 34.1 Å². The first kappa shape index (κ1) is 13.0. The highest BCUT2D eigenvalue weighted by atomic mass is 35.5. The van der Waals surface area contributed by atoms with Gasteiger partial charge in [-0.3, -0.25) is 4.98 Å². The number of rotatable bonds is 3. The van der Waals surface area contributed by atoms with Gasteiger partial charge in [-0.2, -0.15) is 0 Å². The van der Waals surface area contributed by atoms with Gasteiger partial charge in [-0.25, -0.2) is 0 Å². The summed E-state index contributed by atoms with van der Waals surface area (Å²) in [5.41, 5.74) is 4.26. The van der Waals surface area contributed by atoms with Gasteiger partial charge in [0.05, 0.1) is 17.6 Å². The van der Waals surface area contributed by atoms with Gasteiger partial charge in [0, 0.05) is 29.9 Å². The highest BCUT2D eigenvalue weighted by Gasteiger charge is 2.12. The van der Waals surface area contributed by atoms with Crippen LogP contribution in [0, 0.1) is 6.92 Å². The number of aromatic nitrogens is 1. The summed E-state index contributed by atoms with van der Waals surface area (Å²) in [7, 11) is 3.53. The second-order valence-corrected chi connectivity index (χ2v) is 4.57.